The number of nitrogen functional groups attached to an aromatic ring is 2. The number of hydrogen-bond donors (Lipinski definition) is 2. The van der Waals surface area contributed by atoms with Gasteiger partial charge in [-0.3, -0.25) is 0 Å². The molecule has 0 atom stereocenters. The van der Waals surface area contributed by atoms with Gasteiger partial charge in [-0.1, -0.05) is 11.6 Å². The lowest BCUT2D eigenvalue weighted by atomic mass is 10.2. The zero-order chi connectivity index (χ0) is 10.8. The standard InChI is InChI=1S/C10H14ClN3O/c11-7-5-9(13)10(6-8(7)12)14-1-3-15-4-2-14/h5-6H,1-4,12-13H2. The quantitative estimate of drug-likeness (QED) is 0.711. The number of nitrogens with two attached hydrogens (primary N) is 2. The second kappa shape index (κ2) is 4.16. The van der Waals surface area contributed by atoms with E-state index in [4.69, 9.17) is 27.8 Å². The Bertz CT molecular complexity index is 364. The molecule has 1 fully saturated rings. The second-order valence-electron chi connectivity index (χ2n) is 3.53. The Kier molecular flexibility index (Phi) is 2.88. The maximum Gasteiger partial charge on any atom is 0.0657 e. The maximum atomic E-state index is 5.90. The van der Waals surface area contributed by atoms with Crippen LogP contribution in [0.15, 0.2) is 12.1 Å². The van der Waals surface area contributed by atoms with Crippen LogP contribution in [0.3, 0.4) is 0 Å². The molecule has 0 radical (unpaired) electrons. The molecule has 0 saturated carbocycles. The predicted molar refractivity (Wildman–Crippen MR) is 63.3 cm³/mol. The van der Waals surface area contributed by atoms with Crippen LogP contribution in [0, 0.1) is 0 Å². The zero-order valence-corrected chi connectivity index (χ0v) is 9.13. The van der Waals surface area contributed by atoms with E-state index in [-0.39, 0.29) is 0 Å². The third-order valence-corrected chi connectivity index (χ3v) is 2.83. The summed E-state index contributed by atoms with van der Waals surface area (Å²) in [6, 6.07) is 3.52. The summed E-state index contributed by atoms with van der Waals surface area (Å²) in [6.07, 6.45) is 0. The van der Waals surface area contributed by atoms with Gasteiger partial charge in [-0.2, -0.15) is 0 Å². The van der Waals surface area contributed by atoms with Gasteiger partial charge in [0.25, 0.3) is 0 Å². The van der Waals surface area contributed by atoms with Crippen LogP contribution in [0.25, 0.3) is 0 Å². The van der Waals surface area contributed by atoms with E-state index in [0.717, 1.165) is 32.0 Å². The molecule has 0 bridgehead atoms. The van der Waals surface area contributed by atoms with E-state index < -0.39 is 0 Å². The highest BCUT2D eigenvalue weighted by atomic mass is 35.5. The van der Waals surface area contributed by atoms with Crippen LogP contribution in [0.2, 0.25) is 5.02 Å². The minimum absolute atomic E-state index is 0.504. The molecule has 4 nitrogen and oxygen atoms in total. The van der Waals surface area contributed by atoms with Gasteiger partial charge in [0.15, 0.2) is 0 Å². The minimum atomic E-state index is 0.504. The van der Waals surface area contributed by atoms with Crippen LogP contribution in [0.4, 0.5) is 17.1 Å². The lowest BCUT2D eigenvalue weighted by molar-refractivity contribution is 0.123. The Morgan fingerprint density at radius 1 is 1.13 bits per heavy atom. The third-order valence-electron chi connectivity index (χ3n) is 2.50. The molecule has 15 heavy (non-hydrogen) atoms. The summed E-state index contributed by atoms with van der Waals surface area (Å²) in [5.41, 5.74) is 13.8. The summed E-state index contributed by atoms with van der Waals surface area (Å²) in [4.78, 5) is 2.16. The van der Waals surface area contributed by atoms with Crippen molar-refractivity contribution in [3.8, 4) is 0 Å². The van der Waals surface area contributed by atoms with Crippen molar-refractivity contribution in [2.24, 2.45) is 0 Å². The topological polar surface area (TPSA) is 64.5 Å². The first-order chi connectivity index (χ1) is 7.18. The summed E-state index contributed by atoms with van der Waals surface area (Å²) >= 11 is 5.88. The largest absolute Gasteiger partial charge is 0.397 e. The Morgan fingerprint density at radius 2 is 1.80 bits per heavy atom. The van der Waals surface area contributed by atoms with Crippen molar-refractivity contribution in [1.82, 2.24) is 0 Å². The molecule has 0 amide bonds. The van der Waals surface area contributed by atoms with Crippen molar-refractivity contribution >= 4 is 28.7 Å². The molecule has 0 aromatic heterocycles. The van der Waals surface area contributed by atoms with Gasteiger partial charge in [-0.05, 0) is 12.1 Å². The van der Waals surface area contributed by atoms with Gasteiger partial charge in [-0.15, -0.1) is 0 Å². The van der Waals surface area contributed by atoms with Crippen LogP contribution in [0.5, 0.6) is 0 Å². The Hall–Kier alpha value is -1.13. The normalized spacial score (nSPS) is 16.7. The van der Waals surface area contributed by atoms with Crippen molar-refractivity contribution in [3.05, 3.63) is 17.2 Å². The first-order valence-electron chi connectivity index (χ1n) is 4.85. The monoisotopic (exact) mass is 227 g/mol. The molecule has 5 heteroatoms. The molecule has 82 valence electrons. The molecule has 1 aromatic carbocycles. The lowest BCUT2D eigenvalue weighted by Crippen LogP contribution is -2.36. The van der Waals surface area contributed by atoms with Gasteiger partial charge in [0.1, 0.15) is 0 Å². The fraction of sp³-hybridized carbons (Fsp3) is 0.400. The second-order valence-corrected chi connectivity index (χ2v) is 3.94. The summed E-state index contributed by atoms with van der Waals surface area (Å²) in [5.74, 6) is 0. The van der Waals surface area contributed by atoms with Gasteiger partial charge in [0.2, 0.25) is 0 Å². The number of halogens is 1. The van der Waals surface area contributed by atoms with Gasteiger partial charge < -0.3 is 21.1 Å². The van der Waals surface area contributed by atoms with Crippen LogP contribution >= 0.6 is 11.6 Å². The van der Waals surface area contributed by atoms with Crippen molar-refractivity contribution in [2.75, 3.05) is 42.7 Å². The van der Waals surface area contributed by atoms with Crippen molar-refractivity contribution in [1.29, 1.82) is 0 Å². The predicted octanol–water partition coefficient (Wildman–Crippen LogP) is 1.34. The van der Waals surface area contributed by atoms with E-state index in [0.29, 0.717) is 16.4 Å². The highest BCUT2D eigenvalue weighted by Gasteiger charge is 2.14. The molecule has 4 N–H and O–H groups in total. The van der Waals surface area contributed by atoms with Crippen molar-refractivity contribution in [2.45, 2.75) is 0 Å². The number of anilines is 3. The molecular formula is C10H14ClN3O. The van der Waals surface area contributed by atoms with E-state index in [9.17, 15) is 0 Å². The van der Waals surface area contributed by atoms with Crippen molar-refractivity contribution < 1.29 is 4.74 Å². The van der Waals surface area contributed by atoms with Gasteiger partial charge in [0, 0.05) is 13.1 Å². The average Bonchev–Trinajstić information content (AvgIpc) is 2.25. The Balaban J connectivity index is 2.30. The average molecular weight is 228 g/mol. The number of morpholine rings is 1. The Morgan fingerprint density at radius 3 is 2.47 bits per heavy atom. The first-order valence-corrected chi connectivity index (χ1v) is 5.23. The summed E-state index contributed by atoms with van der Waals surface area (Å²) in [7, 11) is 0. The fourth-order valence-electron chi connectivity index (χ4n) is 1.67. The van der Waals surface area contributed by atoms with E-state index in [1.165, 1.54) is 0 Å². The van der Waals surface area contributed by atoms with Crippen LogP contribution in [-0.4, -0.2) is 26.3 Å². The summed E-state index contributed by atoms with van der Waals surface area (Å²) in [5, 5.41) is 0.504. The van der Waals surface area contributed by atoms with Crippen LogP contribution in [-0.2, 0) is 4.74 Å². The van der Waals surface area contributed by atoms with E-state index >= 15 is 0 Å². The first kappa shape index (κ1) is 10.4. The highest BCUT2D eigenvalue weighted by molar-refractivity contribution is 6.33. The molecule has 1 aliphatic heterocycles. The minimum Gasteiger partial charge on any atom is -0.397 e. The van der Waals surface area contributed by atoms with Gasteiger partial charge in [-0.25, -0.2) is 0 Å². The van der Waals surface area contributed by atoms with E-state index in [1.807, 2.05) is 6.07 Å². The maximum absolute atomic E-state index is 5.90. The molecular weight excluding hydrogens is 214 g/mol. The smallest absolute Gasteiger partial charge is 0.0657 e. The SMILES string of the molecule is Nc1cc(N2CCOCC2)c(N)cc1Cl. The molecule has 0 aliphatic carbocycles. The van der Waals surface area contributed by atoms with Gasteiger partial charge >= 0.3 is 0 Å². The molecule has 1 saturated heterocycles. The highest BCUT2D eigenvalue weighted by Crippen LogP contribution is 2.31. The molecule has 1 aromatic rings. The van der Waals surface area contributed by atoms with E-state index in [1.54, 1.807) is 6.07 Å². The summed E-state index contributed by atoms with van der Waals surface area (Å²) < 4.78 is 5.28. The van der Waals surface area contributed by atoms with Crippen LogP contribution < -0.4 is 16.4 Å². The van der Waals surface area contributed by atoms with E-state index in [2.05, 4.69) is 4.90 Å². The lowest BCUT2D eigenvalue weighted by Gasteiger charge is -2.30. The number of nitrogens with zero attached hydrogens (tertiary/aromatic N) is 1. The molecule has 1 aliphatic rings. The van der Waals surface area contributed by atoms with Gasteiger partial charge in [0.05, 0.1) is 35.3 Å². The number of rotatable bonds is 1. The van der Waals surface area contributed by atoms with Crippen LogP contribution in [0.1, 0.15) is 0 Å². The Labute approximate surface area is 93.7 Å². The molecule has 2 rings (SSSR count). The molecule has 0 spiro atoms. The molecule has 1 heterocycles. The number of benzene rings is 1. The number of hydrogen-bond acceptors (Lipinski definition) is 4. The van der Waals surface area contributed by atoms with Crippen molar-refractivity contribution in [3.63, 3.8) is 0 Å². The molecule has 0 unspecified atom stereocenters. The zero-order valence-electron chi connectivity index (χ0n) is 8.37. The summed E-state index contributed by atoms with van der Waals surface area (Å²) in [6.45, 7) is 3.13. The third kappa shape index (κ3) is 2.11. The fourth-order valence-corrected chi connectivity index (χ4v) is 1.84. The number of ether oxygens (including phenoxy) is 1.